The van der Waals surface area contributed by atoms with E-state index in [1.165, 1.54) is 0 Å². The largest absolute Gasteiger partial charge is 0.457 e. The summed E-state index contributed by atoms with van der Waals surface area (Å²) in [6, 6.07) is 1.84. The van der Waals surface area contributed by atoms with Crippen LogP contribution < -0.4 is 5.73 Å². The maximum atomic E-state index is 5.77. The lowest BCUT2D eigenvalue weighted by atomic mass is 10.0. The minimum absolute atomic E-state index is 0.386. The van der Waals surface area contributed by atoms with Gasteiger partial charge in [0.2, 0.25) is 5.88 Å². The number of aromatic nitrogens is 1. The Labute approximate surface area is 102 Å². The molecule has 0 aliphatic rings. The lowest BCUT2D eigenvalue weighted by Gasteiger charge is -2.03. The van der Waals surface area contributed by atoms with E-state index < -0.39 is 0 Å². The second kappa shape index (κ2) is 4.33. The molecular formula is C11H13BrN2O2. The molecule has 0 radical (unpaired) electrons. The van der Waals surface area contributed by atoms with Gasteiger partial charge in [-0.15, -0.1) is 0 Å². The standard InChI is InChI=1S/C11H13BrN2O2/c1-6(2)5-8-9(14-16-11(8)13)7-3-4-15-10(7)12/h3-4,6H,5,13H2,1-2H3. The van der Waals surface area contributed by atoms with Crippen molar-refractivity contribution in [3.8, 4) is 11.3 Å². The fourth-order valence-electron chi connectivity index (χ4n) is 1.60. The first kappa shape index (κ1) is 11.3. The van der Waals surface area contributed by atoms with Crippen molar-refractivity contribution in [3.63, 3.8) is 0 Å². The van der Waals surface area contributed by atoms with Crippen LogP contribution in [0.4, 0.5) is 5.88 Å². The molecule has 2 N–H and O–H groups in total. The zero-order valence-electron chi connectivity index (χ0n) is 9.16. The summed E-state index contributed by atoms with van der Waals surface area (Å²) in [5.41, 5.74) is 8.34. The quantitative estimate of drug-likeness (QED) is 0.937. The van der Waals surface area contributed by atoms with Crippen molar-refractivity contribution >= 4 is 21.8 Å². The molecule has 0 amide bonds. The minimum atomic E-state index is 0.386. The highest BCUT2D eigenvalue weighted by Crippen LogP contribution is 2.34. The van der Waals surface area contributed by atoms with Crippen LogP contribution in [0.25, 0.3) is 11.3 Å². The maximum absolute atomic E-state index is 5.77. The smallest absolute Gasteiger partial charge is 0.225 e. The summed E-state index contributed by atoms with van der Waals surface area (Å²) >= 11 is 3.32. The Morgan fingerprint density at radius 3 is 2.81 bits per heavy atom. The van der Waals surface area contributed by atoms with Crippen LogP contribution >= 0.6 is 15.9 Å². The maximum Gasteiger partial charge on any atom is 0.225 e. The van der Waals surface area contributed by atoms with Crippen LogP contribution in [-0.2, 0) is 6.42 Å². The van der Waals surface area contributed by atoms with Crippen molar-refractivity contribution in [2.24, 2.45) is 5.92 Å². The molecule has 2 aromatic rings. The van der Waals surface area contributed by atoms with Crippen LogP contribution in [0.5, 0.6) is 0 Å². The Hall–Kier alpha value is -1.23. The van der Waals surface area contributed by atoms with Gasteiger partial charge in [0.05, 0.1) is 11.8 Å². The number of anilines is 1. The summed E-state index contributed by atoms with van der Waals surface area (Å²) in [5.74, 6) is 0.878. The van der Waals surface area contributed by atoms with Gasteiger partial charge in [0.25, 0.3) is 0 Å². The van der Waals surface area contributed by atoms with Crippen molar-refractivity contribution in [1.29, 1.82) is 0 Å². The van der Waals surface area contributed by atoms with Crippen molar-refractivity contribution in [1.82, 2.24) is 5.16 Å². The van der Waals surface area contributed by atoms with Gasteiger partial charge >= 0.3 is 0 Å². The molecular weight excluding hydrogens is 272 g/mol. The van der Waals surface area contributed by atoms with Gasteiger partial charge in [-0.05, 0) is 34.3 Å². The van der Waals surface area contributed by atoms with Gasteiger partial charge < -0.3 is 14.7 Å². The normalized spacial score (nSPS) is 11.2. The van der Waals surface area contributed by atoms with Gasteiger partial charge in [-0.1, -0.05) is 19.0 Å². The Kier molecular flexibility index (Phi) is 3.05. The van der Waals surface area contributed by atoms with Crippen LogP contribution in [0.3, 0.4) is 0 Å². The number of halogens is 1. The fraction of sp³-hybridized carbons (Fsp3) is 0.364. The Balaban J connectivity index is 2.46. The van der Waals surface area contributed by atoms with Gasteiger partial charge in [0.15, 0.2) is 4.67 Å². The number of hydrogen-bond donors (Lipinski definition) is 1. The first-order chi connectivity index (χ1) is 7.59. The second-order valence-electron chi connectivity index (χ2n) is 4.08. The van der Waals surface area contributed by atoms with Crippen LogP contribution in [0.15, 0.2) is 25.9 Å². The average molecular weight is 285 g/mol. The molecule has 0 unspecified atom stereocenters. The van der Waals surface area contributed by atoms with Crippen molar-refractivity contribution in [2.75, 3.05) is 5.73 Å². The summed E-state index contributed by atoms with van der Waals surface area (Å²) in [6.45, 7) is 4.25. The molecule has 0 aliphatic carbocycles. The van der Waals surface area contributed by atoms with Gasteiger partial charge in [-0.25, -0.2) is 0 Å². The third kappa shape index (κ3) is 2.00. The summed E-state index contributed by atoms with van der Waals surface area (Å²) < 4.78 is 10.9. The van der Waals surface area contributed by atoms with E-state index in [2.05, 4.69) is 34.9 Å². The highest BCUT2D eigenvalue weighted by Gasteiger charge is 2.19. The highest BCUT2D eigenvalue weighted by molar-refractivity contribution is 9.10. The molecule has 0 spiro atoms. The third-order valence-electron chi connectivity index (χ3n) is 2.30. The second-order valence-corrected chi connectivity index (χ2v) is 4.80. The molecule has 2 rings (SSSR count). The molecule has 0 aliphatic heterocycles. The Bertz CT molecular complexity index is 488. The van der Waals surface area contributed by atoms with Crippen LogP contribution in [0.2, 0.25) is 0 Å². The molecule has 2 heterocycles. The topological polar surface area (TPSA) is 65.2 Å². The summed E-state index contributed by atoms with van der Waals surface area (Å²) in [7, 11) is 0. The number of nitrogen functional groups attached to an aromatic ring is 1. The number of hydrogen-bond acceptors (Lipinski definition) is 4. The molecule has 16 heavy (non-hydrogen) atoms. The fourth-order valence-corrected chi connectivity index (χ4v) is 2.03. The molecule has 4 nitrogen and oxygen atoms in total. The van der Waals surface area contributed by atoms with Crippen molar-refractivity contribution < 1.29 is 8.94 Å². The van der Waals surface area contributed by atoms with Gasteiger partial charge in [-0.2, -0.15) is 0 Å². The van der Waals surface area contributed by atoms with Gasteiger partial charge in [0, 0.05) is 5.56 Å². The van der Waals surface area contributed by atoms with E-state index in [-0.39, 0.29) is 0 Å². The summed E-state index contributed by atoms with van der Waals surface area (Å²) in [4.78, 5) is 0. The highest BCUT2D eigenvalue weighted by atomic mass is 79.9. The predicted octanol–water partition coefficient (Wildman–Crippen LogP) is 3.48. The molecule has 0 fully saturated rings. The Morgan fingerprint density at radius 2 is 2.25 bits per heavy atom. The Morgan fingerprint density at radius 1 is 1.50 bits per heavy atom. The van der Waals surface area contributed by atoms with E-state index in [9.17, 15) is 0 Å². The van der Waals surface area contributed by atoms with E-state index in [4.69, 9.17) is 14.7 Å². The molecule has 0 saturated carbocycles. The predicted molar refractivity (Wildman–Crippen MR) is 64.9 cm³/mol. The average Bonchev–Trinajstić information content (AvgIpc) is 2.75. The number of rotatable bonds is 3. The lowest BCUT2D eigenvalue weighted by molar-refractivity contribution is 0.437. The monoisotopic (exact) mass is 284 g/mol. The third-order valence-corrected chi connectivity index (χ3v) is 2.92. The van der Waals surface area contributed by atoms with Crippen molar-refractivity contribution in [3.05, 3.63) is 22.6 Å². The van der Waals surface area contributed by atoms with E-state index in [0.29, 0.717) is 16.5 Å². The number of nitrogens with two attached hydrogens (primary N) is 1. The zero-order chi connectivity index (χ0) is 11.7. The molecule has 0 saturated heterocycles. The van der Waals surface area contributed by atoms with E-state index in [1.807, 2.05) is 6.07 Å². The van der Waals surface area contributed by atoms with Gasteiger partial charge in [-0.3, -0.25) is 0 Å². The lowest BCUT2D eigenvalue weighted by Crippen LogP contribution is -1.98. The molecule has 0 aromatic carbocycles. The van der Waals surface area contributed by atoms with Crippen LogP contribution in [0.1, 0.15) is 19.4 Å². The van der Waals surface area contributed by atoms with E-state index >= 15 is 0 Å². The first-order valence-corrected chi connectivity index (χ1v) is 5.86. The molecule has 5 heteroatoms. The van der Waals surface area contributed by atoms with Gasteiger partial charge in [0.1, 0.15) is 5.69 Å². The summed E-state index contributed by atoms with van der Waals surface area (Å²) in [5, 5.41) is 3.98. The number of furan rings is 1. The zero-order valence-corrected chi connectivity index (χ0v) is 10.7. The molecule has 2 aromatic heterocycles. The van der Waals surface area contributed by atoms with Crippen LogP contribution in [0, 0.1) is 5.92 Å². The minimum Gasteiger partial charge on any atom is -0.457 e. The molecule has 0 atom stereocenters. The van der Waals surface area contributed by atoms with E-state index in [1.54, 1.807) is 6.26 Å². The number of nitrogens with zero attached hydrogens (tertiary/aromatic N) is 1. The summed E-state index contributed by atoms with van der Waals surface area (Å²) in [6.07, 6.45) is 2.44. The first-order valence-electron chi connectivity index (χ1n) is 5.07. The molecule has 86 valence electrons. The SMILES string of the molecule is CC(C)Cc1c(-c2ccoc2Br)noc1N. The van der Waals surface area contributed by atoms with Crippen LogP contribution in [-0.4, -0.2) is 5.16 Å². The molecule has 0 bridgehead atoms. The van der Waals surface area contributed by atoms with E-state index in [0.717, 1.165) is 23.2 Å². The van der Waals surface area contributed by atoms with Crippen molar-refractivity contribution in [2.45, 2.75) is 20.3 Å².